The van der Waals surface area contributed by atoms with Crippen molar-refractivity contribution >= 4 is 5.78 Å². The molecule has 3 heteroatoms. The average molecular weight is 577 g/mol. The predicted octanol–water partition coefficient (Wildman–Crippen LogP) is 10.8. The molecule has 4 aromatic carbocycles. The molecule has 0 aliphatic heterocycles. The smallest absolute Gasteiger partial charge is 0.226 e. The van der Waals surface area contributed by atoms with Gasteiger partial charge in [0.2, 0.25) is 5.78 Å². The Balaban J connectivity index is 1.48. The highest BCUT2D eigenvalue weighted by atomic mass is 16.1. The number of ketones is 1. The molecule has 2 heterocycles. The number of benzene rings is 4. The Morgan fingerprint density at radius 2 is 0.795 bits per heavy atom. The first kappa shape index (κ1) is 29.2. The van der Waals surface area contributed by atoms with Crippen LogP contribution >= 0.6 is 0 Å². The van der Waals surface area contributed by atoms with Gasteiger partial charge < -0.3 is 9.97 Å². The van der Waals surface area contributed by atoms with E-state index in [1.54, 1.807) is 0 Å². The second kappa shape index (κ2) is 11.3. The molecule has 0 aliphatic carbocycles. The lowest BCUT2D eigenvalue weighted by Crippen LogP contribution is -2.10. The molecule has 0 saturated heterocycles. The lowest BCUT2D eigenvalue weighted by molar-refractivity contribution is 0.103. The standard InChI is InChI=1S/C41H40N2O/c1-40(2,3)31-21-17-29(18-22-31)35-25-33(27-13-9-7-10-14-27)37(42-35)39(44)38-34(28-15-11-8-12-16-28)26-36(43-38)30-19-23-32(24-20-30)41(4,5)6/h7-26,42-43H,1-6H3. The fraction of sp³-hybridized carbons (Fsp3) is 0.195. The number of H-pyrrole nitrogens is 2. The Morgan fingerprint density at radius 1 is 0.455 bits per heavy atom. The first-order chi connectivity index (χ1) is 21.0. The summed E-state index contributed by atoms with van der Waals surface area (Å²) in [6.45, 7) is 13.3. The summed E-state index contributed by atoms with van der Waals surface area (Å²) < 4.78 is 0. The lowest BCUT2D eigenvalue weighted by Gasteiger charge is -2.19. The molecule has 0 aliphatic rings. The van der Waals surface area contributed by atoms with Gasteiger partial charge in [-0.2, -0.15) is 0 Å². The number of hydrogen-bond acceptors (Lipinski definition) is 1. The van der Waals surface area contributed by atoms with Crippen molar-refractivity contribution in [2.24, 2.45) is 0 Å². The molecule has 0 fully saturated rings. The van der Waals surface area contributed by atoms with E-state index in [-0.39, 0.29) is 16.6 Å². The Labute approximate surface area is 261 Å². The lowest BCUT2D eigenvalue weighted by atomic mass is 9.86. The van der Waals surface area contributed by atoms with E-state index < -0.39 is 0 Å². The zero-order valence-corrected chi connectivity index (χ0v) is 26.5. The molecule has 0 unspecified atom stereocenters. The van der Waals surface area contributed by atoms with Crippen LogP contribution in [0.5, 0.6) is 0 Å². The van der Waals surface area contributed by atoms with Crippen LogP contribution in [0.4, 0.5) is 0 Å². The number of carbonyl (C=O) groups excluding carboxylic acids is 1. The molecule has 6 aromatic rings. The van der Waals surface area contributed by atoms with E-state index in [9.17, 15) is 4.79 Å². The van der Waals surface area contributed by atoms with Crippen molar-refractivity contribution in [3.8, 4) is 44.8 Å². The second-order valence-electron chi connectivity index (χ2n) is 13.7. The summed E-state index contributed by atoms with van der Waals surface area (Å²) in [5.41, 5.74) is 11.5. The van der Waals surface area contributed by atoms with Crippen LogP contribution in [0.25, 0.3) is 44.8 Å². The Morgan fingerprint density at radius 3 is 1.11 bits per heavy atom. The molecule has 2 aromatic heterocycles. The van der Waals surface area contributed by atoms with Gasteiger partial charge in [-0.3, -0.25) is 4.79 Å². The van der Waals surface area contributed by atoms with Crippen molar-refractivity contribution in [2.45, 2.75) is 52.4 Å². The summed E-state index contributed by atoms with van der Waals surface area (Å²) in [5, 5.41) is 0. The van der Waals surface area contributed by atoms with Crippen LogP contribution in [0.2, 0.25) is 0 Å². The van der Waals surface area contributed by atoms with Gasteiger partial charge in [0.15, 0.2) is 0 Å². The van der Waals surface area contributed by atoms with Crippen LogP contribution in [-0.2, 0) is 10.8 Å². The van der Waals surface area contributed by atoms with E-state index in [4.69, 9.17) is 0 Å². The summed E-state index contributed by atoms with van der Waals surface area (Å²) in [5.74, 6) is -0.0715. The van der Waals surface area contributed by atoms with E-state index in [0.717, 1.165) is 44.8 Å². The fourth-order valence-corrected chi connectivity index (χ4v) is 5.69. The van der Waals surface area contributed by atoms with Crippen molar-refractivity contribution in [2.75, 3.05) is 0 Å². The summed E-state index contributed by atoms with van der Waals surface area (Å²) in [4.78, 5) is 21.7. The number of hydrogen-bond donors (Lipinski definition) is 2. The third kappa shape index (κ3) is 5.83. The Bertz CT molecular complexity index is 1750. The molecular formula is C41H40N2O. The van der Waals surface area contributed by atoms with Gasteiger partial charge in [0.25, 0.3) is 0 Å². The first-order valence-electron chi connectivity index (χ1n) is 15.3. The SMILES string of the molecule is CC(C)(C)c1ccc(-c2cc(-c3ccccc3)c(C(=O)c3[nH]c(-c4ccc(C(C)(C)C)cc4)cc3-c3ccccc3)[nH]2)cc1. The van der Waals surface area contributed by atoms with Crippen molar-refractivity contribution < 1.29 is 4.79 Å². The van der Waals surface area contributed by atoms with Crippen LogP contribution in [-0.4, -0.2) is 15.8 Å². The second-order valence-corrected chi connectivity index (χ2v) is 13.7. The van der Waals surface area contributed by atoms with Crippen molar-refractivity contribution in [1.29, 1.82) is 0 Å². The third-order valence-corrected chi connectivity index (χ3v) is 8.38. The van der Waals surface area contributed by atoms with Crippen LogP contribution in [0.3, 0.4) is 0 Å². The monoisotopic (exact) mass is 576 g/mol. The van der Waals surface area contributed by atoms with Crippen molar-refractivity contribution in [3.63, 3.8) is 0 Å². The Hall–Kier alpha value is -4.89. The Kier molecular flexibility index (Phi) is 7.51. The molecule has 2 N–H and O–H groups in total. The number of carbonyl (C=O) groups is 1. The first-order valence-corrected chi connectivity index (χ1v) is 15.3. The molecule has 0 saturated carbocycles. The van der Waals surface area contributed by atoms with E-state index >= 15 is 0 Å². The van der Waals surface area contributed by atoms with E-state index in [1.807, 2.05) is 36.4 Å². The van der Waals surface area contributed by atoms with Gasteiger partial charge >= 0.3 is 0 Å². The van der Waals surface area contributed by atoms with E-state index in [0.29, 0.717) is 11.4 Å². The van der Waals surface area contributed by atoms with Crippen LogP contribution < -0.4 is 0 Å². The summed E-state index contributed by atoms with van der Waals surface area (Å²) in [7, 11) is 0. The van der Waals surface area contributed by atoms with Gasteiger partial charge in [0.1, 0.15) is 0 Å². The molecular weight excluding hydrogens is 536 g/mol. The highest BCUT2D eigenvalue weighted by Gasteiger charge is 2.25. The van der Waals surface area contributed by atoms with Gasteiger partial charge in [-0.15, -0.1) is 0 Å². The molecule has 0 amide bonds. The maximum absolute atomic E-state index is 14.6. The van der Waals surface area contributed by atoms with E-state index in [2.05, 4.69) is 136 Å². The maximum Gasteiger partial charge on any atom is 0.226 e. The molecule has 0 radical (unpaired) electrons. The maximum atomic E-state index is 14.6. The predicted molar refractivity (Wildman–Crippen MR) is 184 cm³/mol. The normalized spacial score (nSPS) is 12.0. The summed E-state index contributed by atoms with van der Waals surface area (Å²) >= 11 is 0. The molecule has 0 atom stereocenters. The van der Waals surface area contributed by atoms with Gasteiger partial charge in [-0.1, -0.05) is 151 Å². The van der Waals surface area contributed by atoms with Gasteiger partial charge in [0, 0.05) is 22.5 Å². The van der Waals surface area contributed by atoms with Crippen LogP contribution in [0, 0.1) is 0 Å². The number of aromatic nitrogens is 2. The zero-order chi connectivity index (χ0) is 31.1. The molecule has 220 valence electrons. The van der Waals surface area contributed by atoms with Crippen LogP contribution in [0.1, 0.15) is 68.9 Å². The molecule has 0 bridgehead atoms. The minimum atomic E-state index is -0.0715. The summed E-state index contributed by atoms with van der Waals surface area (Å²) in [6, 6.07) is 41.7. The van der Waals surface area contributed by atoms with Gasteiger partial charge in [-0.25, -0.2) is 0 Å². The molecule has 44 heavy (non-hydrogen) atoms. The van der Waals surface area contributed by atoms with Gasteiger partial charge in [-0.05, 0) is 56.3 Å². The van der Waals surface area contributed by atoms with Crippen LogP contribution in [0.15, 0.2) is 121 Å². The third-order valence-electron chi connectivity index (χ3n) is 8.38. The molecule has 0 spiro atoms. The summed E-state index contributed by atoms with van der Waals surface area (Å²) in [6.07, 6.45) is 0. The molecule has 6 rings (SSSR count). The number of nitrogens with one attached hydrogen (secondary N) is 2. The van der Waals surface area contributed by atoms with Crippen molar-refractivity contribution in [1.82, 2.24) is 9.97 Å². The largest absolute Gasteiger partial charge is 0.351 e. The zero-order valence-electron chi connectivity index (χ0n) is 26.5. The average Bonchev–Trinajstić information content (AvgIpc) is 3.67. The quantitative estimate of drug-likeness (QED) is 0.190. The van der Waals surface area contributed by atoms with E-state index in [1.165, 1.54) is 11.1 Å². The minimum absolute atomic E-state index is 0.0663. The highest BCUT2D eigenvalue weighted by Crippen LogP contribution is 2.36. The number of aromatic amines is 2. The molecule has 3 nitrogen and oxygen atoms in total. The topological polar surface area (TPSA) is 48.6 Å². The van der Waals surface area contributed by atoms with Crippen molar-refractivity contribution in [3.05, 3.63) is 144 Å². The highest BCUT2D eigenvalue weighted by molar-refractivity contribution is 6.15. The fourth-order valence-electron chi connectivity index (χ4n) is 5.69. The minimum Gasteiger partial charge on any atom is -0.351 e. The van der Waals surface area contributed by atoms with Gasteiger partial charge in [0.05, 0.1) is 11.4 Å². The number of rotatable bonds is 6.